The number of esters is 1. The third kappa shape index (κ3) is 9.25. The molecule has 2 aromatic rings. The number of anilines is 1. The topological polar surface area (TPSA) is 225 Å². The molecule has 4 rings (SSSR count). The van der Waals surface area contributed by atoms with E-state index >= 15 is 0 Å². The van der Waals surface area contributed by atoms with Gasteiger partial charge in [0.25, 0.3) is 0 Å². The zero-order valence-electron chi connectivity index (χ0n) is 24.6. The maximum atomic E-state index is 13.4. The van der Waals surface area contributed by atoms with Gasteiger partial charge in [0.2, 0.25) is 0 Å². The number of carboxylic acids is 1. The fourth-order valence-electron chi connectivity index (χ4n) is 4.32. The van der Waals surface area contributed by atoms with E-state index in [1.807, 2.05) is 0 Å². The van der Waals surface area contributed by atoms with Crippen LogP contribution in [0.1, 0.15) is 45.1 Å². The van der Waals surface area contributed by atoms with Crippen LogP contribution in [0, 0.1) is 5.92 Å². The van der Waals surface area contributed by atoms with Crippen LogP contribution in [-0.4, -0.2) is 74.9 Å². The number of aromatic nitrogens is 2. The summed E-state index contributed by atoms with van der Waals surface area (Å²) >= 11 is 6.08. The van der Waals surface area contributed by atoms with E-state index in [2.05, 4.69) is 4.98 Å². The highest BCUT2D eigenvalue weighted by Crippen LogP contribution is 2.57. The molecule has 3 heterocycles. The number of alkyl halides is 3. The molecule has 2 saturated heterocycles. The smallest absolute Gasteiger partial charge is 0.475 e. The van der Waals surface area contributed by atoms with Gasteiger partial charge in [0, 0.05) is 17.6 Å². The number of rotatable bonds is 8. The standard InChI is InChI=1S/C24H32ClN4O9P.C2HF3O2/c1-13(2)19(27)21(30)37-20-17(36-22(24(20,3)32)29-9-7-18(26)28-23(29)31)12-35-39(33)34-10-8-16(38-39)14-5-4-6-15(25)11-14;3-2(4,5)1(6)7/h4-7,9,11,13,16-17,19-20,22,32H,8,10,12,27H2,1-3H3,(H2,26,28,31);(H,6,7)/t16-,17+,19-,20+,22+,24+,39?;/m0./s1. The number of phosphoric acid groups is 1. The van der Waals surface area contributed by atoms with Gasteiger partial charge in [-0.05, 0) is 36.6 Å². The van der Waals surface area contributed by atoms with E-state index in [4.69, 9.17) is 56.0 Å². The highest BCUT2D eigenvalue weighted by Gasteiger charge is 2.57. The molecule has 0 bridgehead atoms. The summed E-state index contributed by atoms with van der Waals surface area (Å²) in [4.78, 5) is 37.8. The van der Waals surface area contributed by atoms with E-state index < -0.39 is 74.4 Å². The van der Waals surface area contributed by atoms with E-state index in [0.717, 1.165) is 4.57 Å². The van der Waals surface area contributed by atoms with Crippen molar-refractivity contribution in [3.05, 3.63) is 57.6 Å². The van der Waals surface area contributed by atoms with Gasteiger partial charge in [0.15, 0.2) is 12.3 Å². The zero-order valence-corrected chi connectivity index (χ0v) is 26.3. The Balaban J connectivity index is 0.000000738. The number of carboxylic acid groups (broad SMARTS) is 1. The first kappa shape index (κ1) is 37.4. The van der Waals surface area contributed by atoms with Crippen LogP contribution in [0.25, 0.3) is 0 Å². The average molecular weight is 701 g/mol. The molecule has 2 fully saturated rings. The molecular formula is C26H33ClF3N4O11P. The van der Waals surface area contributed by atoms with Crippen LogP contribution in [-0.2, 0) is 37.2 Å². The quantitative estimate of drug-likeness (QED) is 0.230. The van der Waals surface area contributed by atoms with E-state index in [9.17, 15) is 32.4 Å². The van der Waals surface area contributed by atoms with Gasteiger partial charge in [-0.1, -0.05) is 37.6 Å². The number of halogens is 4. The molecule has 1 unspecified atom stereocenters. The van der Waals surface area contributed by atoms with Gasteiger partial charge in [-0.3, -0.25) is 22.9 Å². The van der Waals surface area contributed by atoms with E-state index in [1.54, 1.807) is 38.1 Å². The molecule has 0 aliphatic carbocycles. The molecule has 256 valence electrons. The predicted octanol–water partition coefficient (Wildman–Crippen LogP) is 2.96. The number of nitrogens with two attached hydrogens (primary N) is 2. The van der Waals surface area contributed by atoms with Crippen LogP contribution in [0.2, 0.25) is 5.02 Å². The number of aliphatic carboxylic acids is 1. The molecule has 2 aliphatic heterocycles. The second-order valence-electron chi connectivity index (χ2n) is 10.7. The lowest BCUT2D eigenvalue weighted by Gasteiger charge is -2.32. The largest absolute Gasteiger partial charge is 0.490 e. The number of nitrogen functional groups attached to an aromatic ring is 1. The van der Waals surface area contributed by atoms with Crippen molar-refractivity contribution in [2.75, 3.05) is 18.9 Å². The summed E-state index contributed by atoms with van der Waals surface area (Å²) in [5, 5.41) is 19.1. The van der Waals surface area contributed by atoms with Gasteiger partial charge < -0.3 is 31.2 Å². The van der Waals surface area contributed by atoms with Gasteiger partial charge in [0.05, 0.1) is 19.3 Å². The van der Waals surface area contributed by atoms with E-state index in [-0.39, 0.29) is 18.3 Å². The number of ether oxygens (including phenoxy) is 2. The molecule has 1 aromatic carbocycles. The first-order chi connectivity index (χ1) is 21.2. The summed E-state index contributed by atoms with van der Waals surface area (Å²) < 4.78 is 74.2. The van der Waals surface area contributed by atoms with Crippen molar-refractivity contribution in [2.45, 2.75) is 69.6 Å². The average Bonchev–Trinajstić information content (AvgIpc) is 3.20. The van der Waals surface area contributed by atoms with Crippen molar-refractivity contribution in [3.63, 3.8) is 0 Å². The SMILES string of the molecule is CC(C)[C@H](N)C(=O)O[C@@H]1[C@@H](COP2(=O)OCC[C@@H](c3cccc(Cl)c3)O2)O[C@@H](n2ccc(N)nc2=O)[C@]1(C)O.O=C(O)C(F)(F)F. The number of phosphoric ester groups is 1. The Kier molecular flexibility index (Phi) is 12.0. The number of carbonyl (C=O) groups excluding carboxylic acids is 1. The number of nitrogens with zero attached hydrogens (tertiary/aromatic N) is 2. The van der Waals surface area contributed by atoms with Crippen LogP contribution in [0.5, 0.6) is 0 Å². The zero-order chi connectivity index (χ0) is 34.6. The van der Waals surface area contributed by atoms with Crippen LogP contribution in [0.15, 0.2) is 41.3 Å². The van der Waals surface area contributed by atoms with Gasteiger partial charge >= 0.3 is 31.6 Å². The van der Waals surface area contributed by atoms with Crippen molar-refractivity contribution in [1.29, 1.82) is 0 Å². The summed E-state index contributed by atoms with van der Waals surface area (Å²) in [6.45, 7) is 4.38. The molecule has 0 radical (unpaired) electrons. The highest BCUT2D eigenvalue weighted by molar-refractivity contribution is 7.48. The van der Waals surface area contributed by atoms with Crippen LogP contribution >= 0.6 is 19.4 Å². The number of carbonyl (C=O) groups is 2. The van der Waals surface area contributed by atoms with Crippen molar-refractivity contribution >= 4 is 37.2 Å². The Bertz CT molecular complexity index is 1510. The lowest BCUT2D eigenvalue weighted by molar-refractivity contribution is -0.192. The summed E-state index contributed by atoms with van der Waals surface area (Å²) in [5.74, 6) is -3.85. The number of hydrogen-bond donors (Lipinski definition) is 4. The lowest BCUT2D eigenvalue weighted by atomic mass is 9.95. The molecule has 0 saturated carbocycles. The third-order valence-electron chi connectivity index (χ3n) is 6.80. The summed E-state index contributed by atoms with van der Waals surface area (Å²) in [6.07, 6.45) is -7.96. The van der Waals surface area contributed by atoms with Crippen LogP contribution < -0.4 is 17.2 Å². The van der Waals surface area contributed by atoms with E-state index in [1.165, 1.54) is 19.2 Å². The molecule has 0 amide bonds. The van der Waals surface area contributed by atoms with E-state index in [0.29, 0.717) is 17.0 Å². The highest BCUT2D eigenvalue weighted by atomic mass is 35.5. The Morgan fingerprint density at radius 1 is 1.30 bits per heavy atom. The van der Waals surface area contributed by atoms with Crippen LogP contribution in [0.4, 0.5) is 19.0 Å². The first-order valence-electron chi connectivity index (χ1n) is 13.6. The molecule has 7 atom stereocenters. The molecule has 20 heteroatoms. The number of benzene rings is 1. The predicted molar refractivity (Wildman–Crippen MR) is 153 cm³/mol. The van der Waals surface area contributed by atoms with Crippen molar-refractivity contribution in [3.8, 4) is 0 Å². The minimum Gasteiger partial charge on any atom is -0.475 e. The Labute approximate surface area is 265 Å². The number of aliphatic hydroxyl groups is 1. The fraction of sp³-hybridized carbons (Fsp3) is 0.538. The Hall–Kier alpha value is -3.09. The maximum Gasteiger partial charge on any atom is 0.490 e. The normalized spacial score (nSPS) is 28.7. The second-order valence-corrected chi connectivity index (χ2v) is 12.8. The lowest BCUT2D eigenvalue weighted by Crippen LogP contribution is -2.51. The van der Waals surface area contributed by atoms with Gasteiger partial charge in [-0.2, -0.15) is 18.2 Å². The molecule has 0 spiro atoms. The minimum absolute atomic E-state index is 0.0291. The third-order valence-corrected chi connectivity index (χ3v) is 8.51. The monoisotopic (exact) mass is 700 g/mol. The summed E-state index contributed by atoms with van der Waals surface area (Å²) in [7, 11) is -4.11. The molecule has 2 aliphatic rings. The second kappa shape index (κ2) is 14.8. The van der Waals surface area contributed by atoms with Crippen molar-refractivity contribution in [1.82, 2.24) is 9.55 Å². The van der Waals surface area contributed by atoms with Gasteiger partial charge in [-0.15, -0.1) is 0 Å². The molecule has 15 nitrogen and oxygen atoms in total. The maximum absolute atomic E-state index is 13.4. The molecule has 46 heavy (non-hydrogen) atoms. The Morgan fingerprint density at radius 3 is 2.52 bits per heavy atom. The molecule has 6 N–H and O–H groups in total. The van der Waals surface area contributed by atoms with Crippen LogP contribution in [0.3, 0.4) is 0 Å². The van der Waals surface area contributed by atoms with Crippen molar-refractivity contribution in [2.24, 2.45) is 11.7 Å². The fourth-order valence-corrected chi connectivity index (χ4v) is 5.91. The van der Waals surface area contributed by atoms with Gasteiger partial charge in [-0.25, -0.2) is 14.2 Å². The number of hydrogen-bond acceptors (Lipinski definition) is 13. The summed E-state index contributed by atoms with van der Waals surface area (Å²) in [6, 6.07) is 7.26. The minimum atomic E-state index is -5.08. The Morgan fingerprint density at radius 2 is 1.96 bits per heavy atom. The summed E-state index contributed by atoms with van der Waals surface area (Å²) in [5.41, 5.74) is 9.46. The van der Waals surface area contributed by atoms with Crippen molar-refractivity contribution < 1.29 is 60.6 Å². The first-order valence-corrected chi connectivity index (χ1v) is 15.4. The molecular weight excluding hydrogens is 668 g/mol. The van der Waals surface area contributed by atoms with Gasteiger partial charge in [0.1, 0.15) is 23.6 Å². The molecule has 1 aromatic heterocycles.